The second-order valence-electron chi connectivity index (χ2n) is 7.44. The highest BCUT2D eigenvalue weighted by Crippen LogP contribution is 2.19. The van der Waals surface area contributed by atoms with Crippen LogP contribution in [-0.4, -0.2) is 27.8 Å². The van der Waals surface area contributed by atoms with E-state index in [1.165, 1.54) is 40.6 Å². The molecule has 1 heterocycles. The van der Waals surface area contributed by atoms with E-state index in [1.54, 1.807) is 48.5 Å². The van der Waals surface area contributed by atoms with Crippen molar-refractivity contribution >= 4 is 28.6 Å². The monoisotopic (exact) mass is 465 g/mol. The van der Waals surface area contributed by atoms with Gasteiger partial charge in [0.25, 0.3) is 5.56 Å². The van der Waals surface area contributed by atoms with Gasteiger partial charge in [-0.3, -0.25) is 14.2 Å². The minimum absolute atomic E-state index is 0.0810. The Bertz CT molecular complexity index is 1320. The molecule has 0 bridgehead atoms. The van der Waals surface area contributed by atoms with Crippen LogP contribution < -0.4 is 10.9 Å². The maximum atomic E-state index is 13.3. The van der Waals surface area contributed by atoms with Crippen LogP contribution in [-0.2, 0) is 17.8 Å². The van der Waals surface area contributed by atoms with Crippen molar-refractivity contribution < 1.29 is 13.6 Å². The molecule has 4 rings (SSSR count). The van der Waals surface area contributed by atoms with Crippen molar-refractivity contribution in [1.29, 1.82) is 0 Å². The Labute approximate surface area is 193 Å². The molecule has 4 aromatic rings. The van der Waals surface area contributed by atoms with E-state index in [0.29, 0.717) is 29.0 Å². The average Bonchev–Trinajstić information content (AvgIpc) is 2.82. The number of para-hydroxylation sites is 1. The van der Waals surface area contributed by atoms with Crippen LogP contribution in [0.2, 0.25) is 0 Å². The van der Waals surface area contributed by atoms with Gasteiger partial charge < -0.3 is 5.32 Å². The zero-order valence-electron chi connectivity index (χ0n) is 17.6. The Balaban J connectivity index is 1.47. The Kier molecular flexibility index (Phi) is 7.14. The highest BCUT2D eigenvalue weighted by molar-refractivity contribution is 7.99. The van der Waals surface area contributed by atoms with E-state index < -0.39 is 0 Å². The molecule has 0 fully saturated rings. The van der Waals surface area contributed by atoms with Crippen molar-refractivity contribution in [3.63, 3.8) is 0 Å². The molecule has 0 spiro atoms. The third kappa shape index (κ3) is 5.84. The van der Waals surface area contributed by atoms with Crippen LogP contribution in [0.15, 0.2) is 82.7 Å². The number of benzene rings is 3. The maximum Gasteiger partial charge on any atom is 0.262 e. The molecule has 0 unspecified atom stereocenters. The van der Waals surface area contributed by atoms with Gasteiger partial charge in [0.2, 0.25) is 5.91 Å². The summed E-state index contributed by atoms with van der Waals surface area (Å²) in [4.78, 5) is 30.1. The minimum atomic E-state index is -0.352. The molecular formula is C25H21F2N3O2S. The molecule has 33 heavy (non-hydrogen) atoms. The SMILES string of the molecule is O=C(CSc1nc2ccccc2c(=O)n1Cc1ccc(F)cc1)NCCc1ccc(F)cc1. The minimum Gasteiger partial charge on any atom is -0.355 e. The summed E-state index contributed by atoms with van der Waals surface area (Å²) in [5.41, 5.74) is 2.01. The summed E-state index contributed by atoms with van der Waals surface area (Å²) < 4.78 is 27.8. The fourth-order valence-corrected chi connectivity index (χ4v) is 4.18. The molecule has 1 N–H and O–H groups in total. The van der Waals surface area contributed by atoms with E-state index in [1.807, 2.05) is 0 Å². The van der Waals surface area contributed by atoms with Crippen LogP contribution in [0.3, 0.4) is 0 Å². The maximum absolute atomic E-state index is 13.3. The largest absolute Gasteiger partial charge is 0.355 e. The number of carbonyl (C=O) groups excluding carboxylic acids is 1. The summed E-state index contributed by atoms with van der Waals surface area (Å²) in [6.07, 6.45) is 0.584. The van der Waals surface area contributed by atoms with Crippen molar-refractivity contribution in [3.05, 3.63) is 106 Å². The first kappa shape index (κ1) is 22.7. The first-order valence-electron chi connectivity index (χ1n) is 10.4. The van der Waals surface area contributed by atoms with Gasteiger partial charge in [0.05, 0.1) is 23.2 Å². The summed E-state index contributed by atoms with van der Waals surface area (Å²) in [6.45, 7) is 0.629. The number of aromatic nitrogens is 2. The molecule has 0 aliphatic carbocycles. The molecule has 0 saturated carbocycles. The molecule has 168 valence electrons. The van der Waals surface area contributed by atoms with Crippen LogP contribution in [0.1, 0.15) is 11.1 Å². The molecule has 0 aliphatic rings. The molecule has 0 aliphatic heterocycles. The normalized spacial score (nSPS) is 11.0. The number of rotatable bonds is 8. The number of halogens is 2. The lowest BCUT2D eigenvalue weighted by molar-refractivity contribution is -0.118. The molecule has 0 radical (unpaired) electrons. The van der Waals surface area contributed by atoms with E-state index >= 15 is 0 Å². The molecule has 1 amide bonds. The summed E-state index contributed by atoms with van der Waals surface area (Å²) in [5, 5.41) is 3.73. The molecule has 0 saturated heterocycles. The van der Waals surface area contributed by atoms with Crippen LogP contribution in [0.5, 0.6) is 0 Å². The second-order valence-corrected chi connectivity index (χ2v) is 8.39. The quantitative estimate of drug-likeness (QED) is 0.313. The van der Waals surface area contributed by atoms with Gasteiger partial charge in [-0.2, -0.15) is 0 Å². The Morgan fingerprint density at radius 2 is 1.55 bits per heavy atom. The first-order chi connectivity index (χ1) is 16.0. The van der Waals surface area contributed by atoms with Gasteiger partial charge >= 0.3 is 0 Å². The third-order valence-electron chi connectivity index (χ3n) is 5.06. The smallest absolute Gasteiger partial charge is 0.262 e. The van der Waals surface area contributed by atoms with Crippen LogP contribution in [0, 0.1) is 11.6 Å². The second kappa shape index (κ2) is 10.4. The lowest BCUT2D eigenvalue weighted by Gasteiger charge is -2.13. The number of nitrogens with zero attached hydrogens (tertiary/aromatic N) is 2. The van der Waals surface area contributed by atoms with E-state index in [2.05, 4.69) is 10.3 Å². The van der Waals surface area contributed by atoms with Gasteiger partial charge in [-0.15, -0.1) is 0 Å². The van der Waals surface area contributed by atoms with Gasteiger partial charge in [0.15, 0.2) is 5.16 Å². The Morgan fingerprint density at radius 1 is 0.909 bits per heavy atom. The molecule has 3 aromatic carbocycles. The Morgan fingerprint density at radius 3 is 2.24 bits per heavy atom. The number of hydrogen-bond acceptors (Lipinski definition) is 4. The predicted molar refractivity (Wildman–Crippen MR) is 125 cm³/mol. The average molecular weight is 466 g/mol. The lowest BCUT2D eigenvalue weighted by atomic mass is 10.1. The number of thioether (sulfide) groups is 1. The highest BCUT2D eigenvalue weighted by Gasteiger charge is 2.14. The van der Waals surface area contributed by atoms with Gasteiger partial charge in [-0.05, 0) is 53.9 Å². The summed E-state index contributed by atoms with van der Waals surface area (Å²) in [6, 6.07) is 19.1. The van der Waals surface area contributed by atoms with Crippen molar-refractivity contribution in [3.8, 4) is 0 Å². The molecule has 0 atom stereocenters. The van der Waals surface area contributed by atoms with E-state index in [0.717, 1.165) is 11.1 Å². The zero-order valence-corrected chi connectivity index (χ0v) is 18.4. The van der Waals surface area contributed by atoms with Crippen LogP contribution in [0.25, 0.3) is 10.9 Å². The van der Waals surface area contributed by atoms with Crippen molar-refractivity contribution in [2.75, 3.05) is 12.3 Å². The van der Waals surface area contributed by atoms with Crippen molar-refractivity contribution in [2.45, 2.75) is 18.1 Å². The highest BCUT2D eigenvalue weighted by atomic mass is 32.2. The van der Waals surface area contributed by atoms with Gasteiger partial charge in [0.1, 0.15) is 11.6 Å². The molecule has 1 aromatic heterocycles. The van der Waals surface area contributed by atoms with Crippen LogP contribution >= 0.6 is 11.8 Å². The number of amides is 1. The summed E-state index contributed by atoms with van der Waals surface area (Å²) >= 11 is 1.17. The standard InChI is InChI=1S/C25H21F2N3O2S/c26-19-9-5-17(6-10-19)13-14-28-23(31)16-33-25-29-22-4-2-1-3-21(22)24(32)30(25)15-18-7-11-20(27)12-8-18/h1-12H,13-16H2,(H,28,31). The molecule has 8 heteroatoms. The van der Waals surface area contributed by atoms with Gasteiger partial charge in [-0.25, -0.2) is 13.8 Å². The third-order valence-corrected chi connectivity index (χ3v) is 6.04. The lowest BCUT2D eigenvalue weighted by Crippen LogP contribution is -2.28. The summed E-state index contributed by atoms with van der Waals surface area (Å²) in [5.74, 6) is -0.765. The number of hydrogen-bond donors (Lipinski definition) is 1. The van der Waals surface area contributed by atoms with Crippen LogP contribution in [0.4, 0.5) is 8.78 Å². The zero-order chi connectivity index (χ0) is 23.2. The number of fused-ring (bicyclic) bond motifs is 1. The molecule has 5 nitrogen and oxygen atoms in total. The fraction of sp³-hybridized carbons (Fsp3) is 0.160. The van der Waals surface area contributed by atoms with Gasteiger partial charge in [-0.1, -0.05) is 48.2 Å². The van der Waals surface area contributed by atoms with Crippen molar-refractivity contribution in [2.24, 2.45) is 0 Å². The van der Waals surface area contributed by atoms with E-state index in [4.69, 9.17) is 0 Å². The van der Waals surface area contributed by atoms with E-state index in [9.17, 15) is 18.4 Å². The summed E-state index contributed by atoms with van der Waals surface area (Å²) in [7, 11) is 0. The Hall–Kier alpha value is -3.52. The first-order valence-corrected chi connectivity index (χ1v) is 11.4. The molecular weight excluding hydrogens is 444 g/mol. The van der Waals surface area contributed by atoms with Gasteiger partial charge in [0, 0.05) is 6.54 Å². The fourth-order valence-electron chi connectivity index (χ4n) is 3.35. The predicted octanol–water partition coefficient (Wildman–Crippen LogP) is 4.17. The van der Waals surface area contributed by atoms with Crippen molar-refractivity contribution in [1.82, 2.24) is 14.9 Å². The topological polar surface area (TPSA) is 64.0 Å². The number of carbonyl (C=O) groups is 1. The van der Waals surface area contributed by atoms with E-state index in [-0.39, 0.29) is 35.4 Å². The number of nitrogens with one attached hydrogen (secondary N) is 1.